The van der Waals surface area contributed by atoms with Crippen LogP contribution in [-0.2, 0) is 9.53 Å². The molecule has 2 fully saturated rings. The Balaban J connectivity index is 1.28. The standard InChI is InChI=1S/C36H36FNO8/c37-26-11-4-5-12-27(26)38-31(25(36(38)45)15-16-28(40)20-7-2-1-3-8-20)22-13-14-24(29(41)18-22)21-9-6-10-23(17-21)35-34(44)33(43)32(42)30(19-39)46-35/h1-14,17-18,25,28,30-35,39-44H,15-16,19H2/t25-,28+,30-,31-,32-,33+,34-,35+/m1/s1. The summed E-state index contributed by atoms with van der Waals surface area (Å²) >= 11 is 0. The van der Waals surface area contributed by atoms with Gasteiger partial charge in [0.25, 0.3) is 0 Å². The molecular formula is C36H36FNO8. The molecule has 0 saturated carbocycles. The number of hydrogen-bond donors (Lipinski definition) is 6. The van der Waals surface area contributed by atoms with Gasteiger partial charge in [-0.1, -0.05) is 72.8 Å². The number of amides is 1. The van der Waals surface area contributed by atoms with Crippen molar-refractivity contribution in [2.24, 2.45) is 5.92 Å². The predicted molar refractivity (Wildman–Crippen MR) is 167 cm³/mol. The molecule has 0 unspecified atom stereocenters. The molecule has 2 heterocycles. The summed E-state index contributed by atoms with van der Waals surface area (Å²) < 4.78 is 20.6. The van der Waals surface area contributed by atoms with Gasteiger partial charge in [0.05, 0.1) is 30.4 Å². The van der Waals surface area contributed by atoms with Crippen LogP contribution in [0.5, 0.6) is 5.75 Å². The first kappa shape index (κ1) is 31.8. The first-order chi connectivity index (χ1) is 22.2. The molecule has 4 aromatic rings. The first-order valence-electron chi connectivity index (χ1n) is 15.2. The van der Waals surface area contributed by atoms with Crippen LogP contribution in [0.3, 0.4) is 0 Å². The Labute approximate surface area is 265 Å². The van der Waals surface area contributed by atoms with E-state index in [1.807, 2.05) is 30.3 Å². The maximum atomic E-state index is 14.9. The van der Waals surface area contributed by atoms with Crippen LogP contribution in [0.2, 0.25) is 0 Å². The normalized spacial score (nSPS) is 26.9. The number of aliphatic hydroxyl groups is 5. The topological polar surface area (TPSA) is 151 Å². The minimum atomic E-state index is -1.53. The first-order valence-corrected chi connectivity index (χ1v) is 15.2. The number of para-hydroxylation sites is 1. The number of carbonyl (C=O) groups is 1. The fraction of sp³-hybridized carbons (Fsp3) is 0.306. The average molecular weight is 630 g/mol. The summed E-state index contributed by atoms with van der Waals surface area (Å²) in [6.07, 6.45) is -6.69. The van der Waals surface area contributed by atoms with Crippen LogP contribution in [0.15, 0.2) is 97.1 Å². The van der Waals surface area contributed by atoms with Crippen molar-refractivity contribution in [1.82, 2.24) is 0 Å². The highest BCUT2D eigenvalue weighted by molar-refractivity contribution is 6.03. The van der Waals surface area contributed by atoms with E-state index in [-0.39, 0.29) is 17.3 Å². The Kier molecular flexibility index (Phi) is 9.19. The Morgan fingerprint density at radius 3 is 2.28 bits per heavy atom. The van der Waals surface area contributed by atoms with Gasteiger partial charge in [-0.2, -0.15) is 0 Å². The minimum absolute atomic E-state index is 0.0978. The van der Waals surface area contributed by atoms with Gasteiger partial charge in [-0.15, -0.1) is 0 Å². The number of hydrogen-bond acceptors (Lipinski definition) is 8. The van der Waals surface area contributed by atoms with E-state index in [4.69, 9.17) is 4.74 Å². The highest BCUT2D eigenvalue weighted by Crippen LogP contribution is 2.48. The number of phenols is 1. The van der Waals surface area contributed by atoms with E-state index in [1.165, 1.54) is 17.0 Å². The lowest BCUT2D eigenvalue weighted by Crippen LogP contribution is -2.55. The van der Waals surface area contributed by atoms with Crippen molar-refractivity contribution < 1.29 is 44.6 Å². The van der Waals surface area contributed by atoms with Gasteiger partial charge in [0.2, 0.25) is 5.91 Å². The number of benzene rings is 4. The molecule has 4 aromatic carbocycles. The molecule has 2 saturated heterocycles. The van der Waals surface area contributed by atoms with Crippen LogP contribution >= 0.6 is 0 Å². The van der Waals surface area contributed by atoms with Crippen LogP contribution in [0.25, 0.3) is 11.1 Å². The van der Waals surface area contributed by atoms with Gasteiger partial charge in [-0.05, 0) is 59.4 Å². The molecule has 2 aliphatic heterocycles. The van der Waals surface area contributed by atoms with Crippen LogP contribution in [-0.4, -0.2) is 67.6 Å². The summed E-state index contributed by atoms with van der Waals surface area (Å²) in [5, 5.41) is 62.6. The Hall–Kier alpha value is -4.16. The van der Waals surface area contributed by atoms with Crippen molar-refractivity contribution in [3.63, 3.8) is 0 Å². The van der Waals surface area contributed by atoms with Crippen LogP contribution < -0.4 is 4.90 Å². The number of aromatic hydroxyl groups is 1. The van der Waals surface area contributed by atoms with Crippen LogP contribution in [0.4, 0.5) is 10.1 Å². The van der Waals surface area contributed by atoms with Crippen molar-refractivity contribution in [2.45, 2.75) is 55.5 Å². The van der Waals surface area contributed by atoms with Gasteiger partial charge in [-0.25, -0.2) is 4.39 Å². The number of carbonyl (C=O) groups excluding carboxylic acids is 1. The SMILES string of the molecule is O=C1[C@H](CC[C@H](O)c2ccccc2)[C@@H](c2ccc(-c3cccc([C@@H]4O[C@H](CO)[C@@H](O)[C@H](O)[C@H]4O)c3)c(O)c2)N1c1ccccc1F. The smallest absolute Gasteiger partial charge is 0.233 e. The maximum Gasteiger partial charge on any atom is 0.233 e. The van der Waals surface area contributed by atoms with E-state index < -0.39 is 61.0 Å². The summed E-state index contributed by atoms with van der Waals surface area (Å²) in [5.41, 5.74) is 2.93. The third-order valence-electron chi connectivity index (χ3n) is 9.04. The third-order valence-corrected chi connectivity index (χ3v) is 9.04. The lowest BCUT2D eigenvalue weighted by molar-refractivity contribution is -0.231. The summed E-state index contributed by atoms with van der Waals surface area (Å²) in [6, 6.07) is 26.4. The molecular weight excluding hydrogens is 593 g/mol. The van der Waals surface area contributed by atoms with Crippen molar-refractivity contribution >= 4 is 11.6 Å². The van der Waals surface area contributed by atoms with Crippen molar-refractivity contribution in [1.29, 1.82) is 0 Å². The second kappa shape index (κ2) is 13.3. The van der Waals surface area contributed by atoms with Gasteiger partial charge in [0.1, 0.15) is 42.1 Å². The zero-order chi connectivity index (χ0) is 32.5. The Morgan fingerprint density at radius 1 is 0.826 bits per heavy atom. The number of ether oxygens (including phenoxy) is 1. The molecule has 1 amide bonds. The van der Waals surface area contributed by atoms with E-state index in [1.54, 1.807) is 54.6 Å². The summed E-state index contributed by atoms with van der Waals surface area (Å²) in [6.45, 7) is -0.552. The van der Waals surface area contributed by atoms with Crippen molar-refractivity contribution in [3.8, 4) is 16.9 Å². The lowest BCUT2D eigenvalue weighted by atomic mass is 9.77. The average Bonchev–Trinajstić information content (AvgIpc) is 3.07. The Bertz CT molecular complexity index is 1680. The quantitative estimate of drug-likeness (QED) is 0.153. The lowest BCUT2D eigenvalue weighted by Gasteiger charge is -2.48. The molecule has 2 aliphatic rings. The number of rotatable bonds is 9. The van der Waals surface area contributed by atoms with E-state index in [0.717, 1.165) is 5.56 Å². The molecule has 8 atom stereocenters. The molecule has 0 spiro atoms. The highest BCUT2D eigenvalue weighted by atomic mass is 19.1. The minimum Gasteiger partial charge on any atom is -0.507 e. The van der Waals surface area contributed by atoms with Gasteiger partial charge in [0, 0.05) is 5.56 Å². The number of nitrogens with zero attached hydrogens (tertiary/aromatic N) is 1. The number of aliphatic hydroxyl groups excluding tert-OH is 5. The number of β-lactam (4-membered cyclic amide) rings is 1. The van der Waals surface area contributed by atoms with Gasteiger partial charge < -0.3 is 40.3 Å². The molecule has 0 aliphatic carbocycles. The summed E-state index contributed by atoms with van der Waals surface area (Å²) in [7, 11) is 0. The van der Waals surface area contributed by atoms with E-state index in [9.17, 15) is 39.8 Å². The van der Waals surface area contributed by atoms with E-state index >= 15 is 0 Å². The van der Waals surface area contributed by atoms with Gasteiger partial charge in [0.15, 0.2) is 0 Å². The van der Waals surface area contributed by atoms with E-state index in [0.29, 0.717) is 35.1 Å². The zero-order valence-corrected chi connectivity index (χ0v) is 24.8. The molecule has 6 rings (SSSR count). The maximum absolute atomic E-state index is 14.9. The van der Waals surface area contributed by atoms with Crippen LogP contribution in [0, 0.1) is 11.7 Å². The molecule has 46 heavy (non-hydrogen) atoms. The molecule has 9 nitrogen and oxygen atoms in total. The molecule has 0 radical (unpaired) electrons. The molecule has 0 bridgehead atoms. The van der Waals surface area contributed by atoms with Gasteiger partial charge in [-0.3, -0.25) is 4.79 Å². The predicted octanol–water partition coefficient (Wildman–Crippen LogP) is 3.93. The molecule has 10 heteroatoms. The number of phenolic OH excluding ortho intramolecular Hbond substituents is 1. The summed E-state index contributed by atoms with van der Waals surface area (Å²) in [5.74, 6) is -1.47. The second-order valence-electron chi connectivity index (χ2n) is 11.9. The monoisotopic (exact) mass is 629 g/mol. The third kappa shape index (κ3) is 5.91. The molecule has 0 aromatic heterocycles. The molecule has 6 N–H and O–H groups in total. The summed E-state index contributed by atoms with van der Waals surface area (Å²) in [4.78, 5) is 14.8. The number of halogens is 1. The van der Waals surface area contributed by atoms with Crippen LogP contribution in [0.1, 0.15) is 47.8 Å². The van der Waals surface area contributed by atoms with Crippen molar-refractivity contribution in [3.05, 3.63) is 120 Å². The fourth-order valence-electron chi connectivity index (χ4n) is 6.54. The zero-order valence-electron chi connectivity index (χ0n) is 24.8. The fourth-order valence-corrected chi connectivity index (χ4v) is 6.54. The van der Waals surface area contributed by atoms with E-state index in [2.05, 4.69) is 0 Å². The largest absolute Gasteiger partial charge is 0.507 e. The Morgan fingerprint density at radius 2 is 1.57 bits per heavy atom. The molecule has 240 valence electrons. The van der Waals surface area contributed by atoms with Crippen molar-refractivity contribution in [2.75, 3.05) is 11.5 Å². The number of anilines is 1. The second-order valence-corrected chi connectivity index (χ2v) is 11.9. The highest BCUT2D eigenvalue weighted by Gasteiger charge is 2.49. The van der Waals surface area contributed by atoms with Gasteiger partial charge >= 0.3 is 0 Å².